The Morgan fingerprint density at radius 1 is 0.933 bits per heavy atom. The van der Waals surface area contributed by atoms with Crippen LogP contribution in [0.5, 0.6) is 0 Å². The van der Waals surface area contributed by atoms with Gasteiger partial charge in [0.2, 0.25) is 0 Å². The zero-order chi connectivity index (χ0) is 23.3. The summed E-state index contributed by atoms with van der Waals surface area (Å²) in [6.07, 6.45) is 1.68. The van der Waals surface area contributed by atoms with Crippen LogP contribution in [0, 0.1) is 35.5 Å². The third kappa shape index (κ3) is 4.46. The number of aliphatic hydroxyl groups is 1. The van der Waals surface area contributed by atoms with Gasteiger partial charge in [-0.25, -0.2) is 16.8 Å². The van der Waals surface area contributed by atoms with Gasteiger partial charge in [-0.05, 0) is 42.4 Å². The summed E-state index contributed by atoms with van der Waals surface area (Å²) in [7, 11) is -13.6. The van der Waals surface area contributed by atoms with E-state index in [9.17, 15) is 48.3 Å². The first-order valence-electron chi connectivity index (χ1n) is 9.25. The largest absolute Gasteiger partial charge is 0.498 e. The highest BCUT2D eigenvalue weighted by Crippen LogP contribution is 2.55. The predicted octanol–water partition coefficient (Wildman–Crippen LogP) is 2.74. The monoisotopic (exact) mass is 490 g/mol. The molecule has 2 rings (SSSR count). The molecule has 0 aromatic heterocycles. The molecule has 1 N–H and O–H groups in total. The summed E-state index contributed by atoms with van der Waals surface area (Å²) in [6, 6.07) is 0. The number of ether oxygens (including phenoxy) is 1. The number of fused-ring (bicyclic) bond motifs is 2. The van der Waals surface area contributed by atoms with Gasteiger partial charge in [0, 0.05) is 12.5 Å². The van der Waals surface area contributed by atoms with Crippen LogP contribution in [0.15, 0.2) is 0 Å². The Morgan fingerprint density at radius 3 is 1.80 bits per heavy atom. The minimum Gasteiger partial charge on any atom is -0.396 e. The van der Waals surface area contributed by atoms with Crippen molar-refractivity contribution in [3.8, 4) is 0 Å². The van der Waals surface area contributed by atoms with Crippen LogP contribution >= 0.6 is 0 Å². The van der Waals surface area contributed by atoms with E-state index >= 15 is 0 Å². The van der Waals surface area contributed by atoms with Gasteiger partial charge in [0.15, 0.2) is 4.58 Å². The number of alkyl halides is 6. The SMILES string of the molecule is CC1C2CC(COCC(CO)C(S(=O)(=O)C(F)(F)F)S(=O)(=O)C(F)(F)F)C(C2)C1C. The van der Waals surface area contributed by atoms with Crippen molar-refractivity contribution in [1.82, 2.24) is 0 Å². The lowest BCUT2D eigenvalue weighted by molar-refractivity contribution is -0.0494. The molecule has 30 heavy (non-hydrogen) atoms. The molecular formula is C16H24F6O6S2. The number of halogens is 6. The minimum atomic E-state index is -6.81. The Balaban J connectivity index is 2.21. The van der Waals surface area contributed by atoms with Crippen LogP contribution in [-0.2, 0) is 24.4 Å². The number of rotatable bonds is 8. The summed E-state index contributed by atoms with van der Waals surface area (Å²) >= 11 is 0. The van der Waals surface area contributed by atoms with E-state index in [2.05, 4.69) is 6.92 Å². The second-order valence-electron chi connectivity index (χ2n) is 8.20. The Kier molecular flexibility index (Phi) is 7.18. The molecular weight excluding hydrogens is 466 g/mol. The Morgan fingerprint density at radius 2 is 1.43 bits per heavy atom. The Bertz CT molecular complexity index is 776. The van der Waals surface area contributed by atoms with Gasteiger partial charge < -0.3 is 9.84 Å². The van der Waals surface area contributed by atoms with Gasteiger partial charge in [0.1, 0.15) is 0 Å². The molecule has 6 nitrogen and oxygen atoms in total. The zero-order valence-electron chi connectivity index (χ0n) is 16.1. The molecule has 0 aromatic rings. The third-order valence-electron chi connectivity index (χ3n) is 6.57. The number of sulfone groups is 2. The zero-order valence-corrected chi connectivity index (χ0v) is 17.8. The van der Waals surface area contributed by atoms with Crippen molar-refractivity contribution in [2.45, 2.75) is 42.3 Å². The molecule has 2 bridgehead atoms. The van der Waals surface area contributed by atoms with Gasteiger partial charge in [-0.15, -0.1) is 0 Å². The minimum absolute atomic E-state index is 0.0163. The van der Waals surface area contributed by atoms with E-state index in [1.54, 1.807) is 0 Å². The lowest BCUT2D eigenvalue weighted by Gasteiger charge is -2.32. The molecule has 14 heteroatoms. The van der Waals surface area contributed by atoms with E-state index in [-0.39, 0.29) is 18.4 Å². The van der Waals surface area contributed by atoms with Crippen molar-refractivity contribution >= 4 is 19.7 Å². The molecule has 0 spiro atoms. The third-order valence-corrected chi connectivity index (χ3v) is 11.4. The van der Waals surface area contributed by atoms with Gasteiger partial charge in [-0.2, -0.15) is 26.3 Å². The van der Waals surface area contributed by atoms with Gasteiger partial charge in [-0.1, -0.05) is 13.8 Å². The molecule has 0 aromatic carbocycles. The number of hydrogen-bond acceptors (Lipinski definition) is 6. The smallest absolute Gasteiger partial charge is 0.396 e. The summed E-state index contributed by atoms with van der Waals surface area (Å²) < 4.78 is 125. The maximum absolute atomic E-state index is 12.9. The maximum atomic E-state index is 12.9. The average Bonchev–Trinajstić information content (AvgIpc) is 3.11. The van der Waals surface area contributed by atoms with Crippen LogP contribution in [-0.4, -0.2) is 57.4 Å². The summed E-state index contributed by atoms with van der Waals surface area (Å²) in [5, 5.41) is 9.28. The van der Waals surface area contributed by atoms with E-state index in [0.29, 0.717) is 17.8 Å². The topological polar surface area (TPSA) is 97.7 Å². The summed E-state index contributed by atoms with van der Waals surface area (Å²) in [6.45, 7) is 1.44. The highest BCUT2D eigenvalue weighted by Gasteiger charge is 2.65. The van der Waals surface area contributed by atoms with Crippen LogP contribution in [0.2, 0.25) is 0 Å². The number of hydrogen-bond donors (Lipinski definition) is 1. The quantitative estimate of drug-likeness (QED) is 0.526. The van der Waals surface area contributed by atoms with E-state index < -0.39 is 54.4 Å². The van der Waals surface area contributed by atoms with Crippen LogP contribution in [0.3, 0.4) is 0 Å². The van der Waals surface area contributed by atoms with Crippen molar-refractivity contribution in [2.24, 2.45) is 35.5 Å². The van der Waals surface area contributed by atoms with E-state index in [0.717, 1.165) is 12.8 Å². The molecule has 2 fully saturated rings. The number of aliphatic hydroxyl groups excluding tert-OH is 1. The van der Waals surface area contributed by atoms with E-state index in [1.807, 2.05) is 6.92 Å². The fourth-order valence-electron chi connectivity index (χ4n) is 4.81. The van der Waals surface area contributed by atoms with E-state index in [4.69, 9.17) is 4.74 Å². The first-order valence-corrected chi connectivity index (χ1v) is 12.3. The lowest BCUT2D eigenvalue weighted by atomic mass is 9.76. The molecule has 2 aliphatic carbocycles. The lowest BCUT2D eigenvalue weighted by Crippen LogP contribution is -2.51. The summed E-state index contributed by atoms with van der Waals surface area (Å²) in [5.74, 6) is -0.956. The van der Waals surface area contributed by atoms with Gasteiger partial charge in [0.25, 0.3) is 19.7 Å². The maximum Gasteiger partial charge on any atom is 0.498 e. The highest BCUT2D eigenvalue weighted by atomic mass is 32.3. The Hall–Kier alpha value is -0.600. The predicted molar refractivity (Wildman–Crippen MR) is 93.2 cm³/mol. The first kappa shape index (κ1) is 25.7. The first-order chi connectivity index (χ1) is 13.5. The van der Waals surface area contributed by atoms with Crippen LogP contribution in [0.25, 0.3) is 0 Å². The molecule has 0 heterocycles. The van der Waals surface area contributed by atoms with Crippen LogP contribution in [0.1, 0.15) is 26.7 Å². The van der Waals surface area contributed by atoms with E-state index in [1.165, 1.54) is 0 Å². The second-order valence-corrected chi connectivity index (χ2v) is 12.6. The fourth-order valence-corrected chi connectivity index (χ4v) is 8.67. The molecule has 0 saturated heterocycles. The molecule has 0 radical (unpaired) electrons. The molecule has 0 aliphatic heterocycles. The van der Waals surface area contributed by atoms with Crippen LogP contribution < -0.4 is 0 Å². The average molecular weight is 490 g/mol. The summed E-state index contributed by atoms with van der Waals surface area (Å²) in [4.78, 5) is 0. The second kappa shape index (κ2) is 8.39. The standard InChI is InChI=1S/C16H24F6O6S2/c1-8-9(2)13-4-10(8)3-11(13)6-28-7-12(5-23)14(29(24,25)15(17,18)19)30(26,27)16(20,21)22/h8-14,23H,3-7H2,1-2H3. The molecule has 6 unspecified atom stereocenters. The molecule has 2 saturated carbocycles. The van der Waals surface area contributed by atoms with Crippen molar-refractivity contribution in [3.63, 3.8) is 0 Å². The fraction of sp³-hybridized carbons (Fsp3) is 1.00. The molecule has 178 valence electrons. The molecule has 6 atom stereocenters. The van der Waals surface area contributed by atoms with Gasteiger partial charge in [-0.3, -0.25) is 0 Å². The molecule has 2 aliphatic rings. The van der Waals surface area contributed by atoms with Gasteiger partial charge >= 0.3 is 11.0 Å². The van der Waals surface area contributed by atoms with Crippen molar-refractivity contribution in [1.29, 1.82) is 0 Å². The highest BCUT2D eigenvalue weighted by molar-refractivity contribution is 8.09. The summed E-state index contributed by atoms with van der Waals surface area (Å²) in [5.41, 5.74) is -12.5. The van der Waals surface area contributed by atoms with Crippen molar-refractivity contribution < 1.29 is 53.0 Å². The normalized spacial score (nSPS) is 31.5. The Labute approximate surface area is 170 Å². The van der Waals surface area contributed by atoms with Crippen LogP contribution in [0.4, 0.5) is 26.3 Å². The van der Waals surface area contributed by atoms with Crippen molar-refractivity contribution in [3.05, 3.63) is 0 Å². The van der Waals surface area contributed by atoms with Crippen molar-refractivity contribution in [2.75, 3.05) is 19.8 Å². The van der Waals surface area contributed by atoms with Gasteiger partial charge in [0.05, 0.1) is 13.2 Å². The molecule has 0 amide bonds.